The topological polar surface area (TPSA) is 70.4 Å². The third-order valence-corrected chi connectivity index (χ3v) is 16.5. The van der Waals surface area contributed by atoms with E-state index < -0.39 is 6.72 Å². The van der Waals surface area contributed by atoms with Gasteiger partial charge in [0.25, 0.3) is 0 Å². The lowest BCUT2D eigenvalue weighted by atomic mass is 10.1. The van der Waals surface area contributed by atoms with Gasteiger partial charge in [-0.3, -0.25) is 0 Å². The minimum absolute atomic E-state index is 1.36. The first-order valence-electron chi connectivity index (χ1n) is 37.0. The fourth-order valence-corrected chi connectivity index (χ4v) is 11.0. The Hall–Kier alpha value is 0.410. The van der Waals surface area contributed by atoms with Crippen LogP contribution in [0.4, 0.5) is 0 Å². The van der Waals surface area contributed by atoms with Crippen LogP contribution in [-0.4, -0.2) is 88.3 Å². The van der Waals surface area contributed by atoms with Gasteiger partial charge in [0.15, 0.2) is 0 Å². The number of hydrogen-bond acceptors (Lipinski definition) is 4. The van der Waals surface area contributed by atoms with Crippen LogP contribution in [0.15, 0.2) is 0 Å². The Morgan fingerprint density at radius 3 is 0.338 bits per heavy atom. The summed E-state index contributed by atoms with van der Waals surface area (Å²) in [7, 11) is 0. The molecule has 0 heterocycles. The summed E-state index contributed by atoms with van der Waals surface area (Å²) in [6.45, 7) is 29.2. The van der Waals surface area contributed by atoms with Crippen molar-refractivity contribution in [1.29, 1.82) is 0 Å². The van der Waals surface area contributed by atoms with Gasteiger partial charge in [-0.15, -0.1) is 0 Å². The van der Waals surface area contributed by atoms with Crippen LogP contribution in [-0.2, 0) is 11.8 Å². The Morgan fingerprint density at radius 2 is 0.250 bits per heavy atom. The summed E-state index contributed by atoms with van der Waals surface area (Å²) in [6.07, 6.45) is 77.1. The van der Waals surface area contributed by atoms with Crippen molar-refractivity contribution in [3.05, 3.63) is 0 Å². The first kappa shape index (κ1) is 86.8. The summed E-state index contributed by atoms with van der Waals surface area (Å²) >= 11 is 3.60. The summed E-state index contributed by atoms with van der Waals surface area (Å²) in [5, 5.41) is 0. The van der Waals surface area contributed by atoms with Gasteiger partial charge in [0, 0.05) is 0 Å². The second kappa shape index (κ2) is 79.4. The number of hydrogen-bond donors (Lipinski definition) is 3. The van der Waals surface area contributed by atoms with E-state index in [1.165, 1.54) is 406 Å². The van der Waals surface area contributed by atoms with Crippen LogP contribution in [0.2, 0.25) is 0 Å². The monoisotopic (exact) mass is 1170 g/mol. The third kappa shape index (κ3) is 89.6. The van der Waals surface area contributed by atoms with Crippen LogP contribution in [0.3, 0.4) is 0 Å². The molecule has 0 aromatic carbocycles. The lowest BCUT2D eigenvalue weighted by Gasteiger charge is -2.22. The zero-order valence-corrected chi connectivity index (χ0v) is 58.8. The van der Waals surface area contributed by atoms with Gasteiger partial charge in [-0.2, -0.15) is 0 Å². The zero-order valence-electron chi connectivity index (χ0n) is 57.1. The van der Waals surface area contributed by atoms with Crippen LogP contribution in [0, 0.1) is 0 Å². The number of nitrogens with zero attached hydrogens (tertiary/aromatic N) is 3. The minimum atomic E-state index is -3.81. The Labute approximate surface area is 513 Å². The van der Waals surface area contributed by atoms with Crippen molar-refractivity contribution < 1.29 is 14.7 Å². The maximum absolute atomic E-state index is 7.56. The summed E-state index contributed by atoms with van der Waals surface area (Å²) < 4.78 is 0. The normalized spacial score (nSPS) is 11.5. The van der Waals surface area contributed by atoms with Gasteiger partial charge in [0.1, 0.15) is 0 Å². The van der Waals surface area contributed by atoms with E-state index >= 15 is 0 Å². The summed E-state index contributed by atoms with van der Waals surface area (Å²) in [5.74, 6) is 0. The van der Waals surface area contributed by atoms with Crippen molar-refractivity contribution in [2.24, 2.45) is 0 Å². The minimum Gasteiger partial charge on any atom is -0.325 e. The van der Waals surface area contributed by atoms with Gasteiger partial charge in [-0.25, -0.2) is 0 Å². The van der Waals surface area contributed by atoms with Crippen LogP contribution >= 0.6 is 6.72 Å². The van der Waals surface area contributed by atoms with Crippen molar-refractivity contribution in [1.82, 2.24) is 14.7 Å². The lowest BCUT2D eigenvalue weighted by Crippen LogP contribution is -2.27. The van der Waals surface area contributed by atoms with E-state index in [0.717, 1.165) is 0 Å². The molecule has 0 saturated carbocycles. The molecular weight excluding hydrogens is 1020 g/mol. The Morgan fingerprint density at radius 1 is 0.175 bits per heavy atom. The Bertz CT molecular complexity index is 846. The van der Waals surface area contributed by atoms with Gasteiger partial charge in [0.05, 0.1) is 0 Å². The maximum Gasteiger partial charge on any atom is 0.319 e. The summed E-state index contributed by atoms with van der Waals surface area (Å²) in [6, 6.07) is 0. The van der Waals surface area contributed by atoms with Crippen LogP contribution in [0.5, 0.6) is 0 Å². The van der Waals surface area contributed by atoms with Crippen molar-refractivity contribution in [2.45, 2.75) is 409 Å². The summed E-state index contributed by atoms with van der Waals surface area (Å²) in [4.78, 5) is 31.0. The second-order valence-corrected chi connectivity index (χ2v) is 27.4. The molecule has 0 amide bonds. The highest BCUT2D eigenvalue weighted by molar-refractivity contribution is 8.06. The van der Waals surface area contributed by atoms with Crippen molar-refractivity contribution in [3.8, 4) is 0 Å². The smallest absolute Gasteiger partial charge is 0.319 e. The Kier molecular flexibility index (Phi) is 86.2. The highest BCUT2D eigenvalue weighted by atomic mass is 32.5. The molecule has 80 heavy (non-hydrogen) atoms. The van der Waals surface area contributed by atoms with Crippen molar-refractivity contribution in [2.75, 3.05) is 58.9 Å². The average Bonchev–Trinajstić information content (AvgIpc) is 3.44. The van der Waals surface area contributed by atoms with E-state index in [1.807, 2.05) is 0 Å². The molecule has 488 valence electrons. The lowest BCUT2D eigenvalue weighted by molar-refractivity contribution is 0.254. The number of rotatable bonds is 63. The fraction of sp³-hybridized carbons (Fsp3) is 1.00. The molecule has 3 N–H and O–H groups in total. The molecule has 0 aliphatic heterocycles. The predicted molar refractivity (Wildman–Crippen MR) is 371 cm³/mol. The van der Waals surface area contributed by atoms with E-state index in [2.05, 4.69) is 88.8 Å². The van der Waals surface area contributed by atoms with Gasteiger partial charge < -0.3 is 29.4 Å². The van der Waals surface area contributed by atoms with Crippen molar-refractivity contribution in [3.63, 3.8) is 0 Å². The van der Waals surface area contributed by atoms with E-state index in [9.17, 15) is 0 Å². The summed E-state index contributed by atoms with van der Waals surface area (Å²) in [5.41, 5.74) is 0. The molecule has 0 unspecified atom stereocenters. The highest BCUT2D eigenvalue weighted by Crippen LogP contribution is 2.26. The molecule has 0 aliphatic rings. The zero-order chi connectivity index (χ0) is 59.8. The van der Waals surface area contributed by atoms with E-state index in [-0.39, 0.29) is 0 Å². The van der Waals surface area contributed by atoms with Crippen LogP contribution in [0.25, 0.3) is 0 Å². The van der Waals surface area contributed by atoms with Crippen molar-refractivity contribution >= 4 is 18.5 Å². The van der Waals surface area contributed by atoms with E-state index in [1.54, 1.807) is 0 Å². The molecular formula is C72H156N3O3PS. The third-order valence-electron chi connectivity index (χ3n) is 16.5. The van der Waals surface area contributed by atoms with Gasteiger partial charge in [-0.1, -0.05) is 351 Å². The molecule has 0 fully saturated rings. The molecule has 0 radical (unpaired) electrons. The molecule has 0 aromatic rings. The highest BCUT2D eigenvalue weighted by Gasteiger charge is 2.08. The molecule has 0 aliphatic carbocycles. The Balaban J connectivity index is -0.000000518. The molecule has 0 bridgehead atoms. The first-order valence-corrected chi connectivity index (χ1v) is 39.7. The molecule has 0 rings (SSSR count). The van der Waals surface area contributed by atoms with Gasteiger partial charge >= 0.3 is 6.72 Å². The standard InChI is InChI=1S/3C24H51N.H3O3PS/c3*1-4-7-10-13-16-19-22-25(23-20-17-14-11-8-5-2)24-21-18-15-12-9-6-3;1-4(2,3)5/h3*4-24H2,1-3H3;(H3,1,2,3,5). The molecule has 6 nitrogen and oxygen atoms in total. The molecule has 0 aromatic heterocycles. The van der Waals surface area contributed by atoms with Gasteiger partial charge in [-0.05, 0) is 128 Å². The first-order chi connectivity index (χ1) is 39.0. The second-order valence-electron chi connectivity index (χ2n) is 24.9. The fourth-order valence-electron chi connectivity index (χ4n) is 11.0. The van der Waals surface area contributed by atoms with E-state index in [4.69, 9.17) is 14.7 Å². The molecule has 0 saturated heterocycles. The quantitative estimate of drug-likeness (QED) is 0.0414. The molecule has 0 atom stereocenters. The van der Waals surface area contributed by atoms with Crippen LogP contribution < -0.4 is 0 Å². The van der Waals surface area contributed by atoms with E-state index in [0.29, 0.717) is 0 Å². The average molecular weight is 1180 g/mol. The predicted octanol–water partition coefficient (Wildman–Crippen LogP) is 24.3. The largest absolute Gasteiger partial charge is 0.325 e. The SMILES string of the molecule is CCCCCCCCN(CCCCCCCC)CCCCCCCC.CCCCCCCCN(CCCCCCCC)CCCCCCCC.CCCCCCCCN(CCCCCCCC)CCCCCCCC.OP(O)(O)=S. The van der Waals surface area contributed by atoms with Gasteiger partial charge in [0.2, 0.25) is 0 Å². The number of unbranched alkanes of at least 4 members (excludes halogenated alkanes) is 45. The molecule has 0 spiro atoms. The molecule has 8 heteroatoms. The maximum atomic E-state index is 7.56. The van der Waals surface area contributed by atoms with Crippen LogP contribution in [0.1, 0.15) is 409 Å².